The number of halogens is 1. The maximum atomic E-state index is 6.94. The number of hydrogen-bond acceptors (Lipinski definition) is 2. The van der Waals surface area contributed by atoms with Crippen molar-refractivity contribution in [2.24, 2.45) is 0 Å². The minimum absolute atomic E-state index is 0.492. The van der Waals surface area contributed by atoms with Crippen molar-refractivity contribution in [1.82, 2.24) is 10.7 Å². The van der Waals surface area contributed by atoms with Gasteiger partial charge in [0.1, 0.15) is 5.00 Å². The van der Waals surface area contributed by atoms with Gasteiger partial charge in [-0.15, -0.1) is 0 Å². The summed E-state index contributed by atoms with van der Waals surface area (Å²) in [6.45, 7) is 0. The molecule has 0 aliphatic carbocycles. The van der Waals surface area contributed by atoms with Gasteiger partial charge >= 0.3 is 0 Å². The lowest BCUT2D eigenvalue weighted by Gasteiger charge is -1.66. The molecule has 1 aromatic heterocycles. The lowest BCUT2D eigenvalue weighted by molar-refractivity contribution is 1.36. The molecule has 1 radical (unpaired) electrons. The summed E-state index contributed by atoms with van der Waals surface area (Å²) >= 11 is 4.43. The summed E-state index contributed by atoms with van der Waals surface area (Å²) in [7, 11) is 0. The largest absolute Gasteiger partial charge is 0.289 e. The molecule has 0 amide bonds. The molecule has 0 bridgehead atoms. The van der Waals surface area contributed by atoms with E-state index in [0.717, 1.165) is 3.92 Å². The van der Waals surface area contributed by atoms with Crippen LogP contribution in [0.5, 0.6) is 0 Å². The molecule has 37 valence electrons. The van der Waals surface area contributed by atoms with Crippen LogP contribution in [0.15, 0.2) is 10.1 Å². The van der Waals surface area contributed by atoms with Crippen LogP contribution in [0.1, 0.15) is 0 Å². The second-order valence-electron chi connectivity index (χ2n) is 0.977. The number of hydrogen-bond donors (Lipinski definition) is 0. The minimum atomic E-state index is 0.492. The Hall–Kier alpha value is -0.0900. The molecule has 0 spiro atoms. The van der Waals surface area contributed by atoms with E-state index >= 15 is 0 Å². The van der Waals surface area contributed by atoms with Crippen LogP contribution in [-0.2, 0) is 0 Å². The normalized spacial score (nSPS) is 9.29. The van der Waals surface area contributed by atoms with E-state index in [1.165, 1.54) is 17.5 Å². The van der Waals surface area contributed by atoms with Gasteiger partial charge in [0.05, 0.1) is 6.20 Å². The maximum Gasteiger partial charge on any atom is 0.161 e. The Morgan fingerprint density at radius 1 is 1.86 bits per heavy atom. The topological polar surface area (TPSA) is 36.7 Å². The fraction of sp³-hybridized carbons (Fsp3) is 0. The first-order chi connectivity index (χ1) is 3.29. The third-order valence-electron chi connectivity index (χ3n) is 0.477. The zero-order valence-corrected chi connectivity index (χ0v) is 5.71. The first kappa shape index (κ1) is 5.05. The van der Waals surface area contributed by atoms with Crippen molar-refractivity contribution in [3.63, 3.8) is 0 Å². The molecule has 0 atom stereocenters. The number of nitrogens with zero attached hydrogens (tertiary/aromatic N) is 1. The van der Waals surface area contributed by atoms with Crippen molar-refractivity contribution in [3.05, 3.63) is 10.1 Å². The molecule has 1 heterocycles. The van der Waals surface area contributed by atoms with Gasteiger partial charge in [-0.2, -0.15) is 0 Å². The molecule has 0 aliphatic heterocycles. The average Bonchev–Trinajstić information content (AvgIpc) is 1.87. The van der Waals surface area contributed by atoms with E-state index < -0.39 is 0 Å². The SMILES string of the molecule is [NH]c1cnc(Br)s1. The van der Waals surface area contributed by atoms with Crippen molar-refractivity contribution in [2.75, 3.05) is 0 Å². The lowest BCUT2D eigenvalue weighted by atomic mass is 10.9. The summed E-state index contributed by atoms with van der Waals surface area (Å²) in [6, 6.07) is 0. The van der Waals surface area contributed by atoms with Gasteiger partial charge in [-0.25, -0.2) is 4.98 Å². The summed E-state index contributed by atoms with van der Waals surface area (Å²) in [5, 5.41) is 0.492. The molecule has 2 nitrogen and oxygen atoms in total. The zero-order chi connectivity index (χ0) is 5.28. The number of thiazole rings is 1. The van der Waals surface area contributed by atoms with E-state index in [1.54, 1.807) is 0 Å². The molecule has 1 N–H and O–H groups in total. The van der Waals surface area contributed by atoms with Gasteiger partial charge in [0.25, 0.3) is 0 Å². The smallest absolute Gasteiger partial charge is 0.161 e. The molecular weight excluding hydrogens is 176 g/mol. The van der Waals surface area contributed by atoms with E-state index in [2.05, 4.69) is 20.9 Å². The van der Waals surface area contributed by atoms with Gasteiger partial charge in [0.2, 0.25) is 0 Å². The third kappa shape index (κ3) is 1.14. The Morgan fingerprint density at radius 2 is 2.57 bits per heavy atom. The molecule has 0 saturated carbocycles. The predicted octanol–water partition coefficient (Wildman–Crippen LogP) is 1.82. The average molecular weight is 178 g/mol. The predicted molar refractivity (Wildman–Crippen MR) is 32.6 cm³/mol. The molecule has 0 aromatic carbocycles. The van der Waals surface area contributed by atoms with Crippen LogP contribution in [0, 0.1) is 0 Å². The molecular formula is C3H2BrN2S. The number of aromatic nitrogens is 1. The second-order valence-corrected chi connectivity index (χ2v) is 3.28. The van der Waals surface area contributed by atoms with E-state index in [4.69, 9.17) is 5.73 Å². The van der Waals surface area contributed by atoms with Crippen molar-refractivity contribution in [2.45, 2.75) is 0 Å². The van der Waals surface area contributed by atoms with Gasteiger partial charge in [0.15, 0.2) is 3.92 Å². The highest BCUT2D eigenvalue weighted by molar-refractivity contribution is 9.11. The standard InChI is InChI=1S/C3H2BrN2S/c4-3-6-1-2(5)7-3/h1,5H. The number of rotatable bonds is 0. The quantitative estimate of drug-likeness (QED) is 0.596. The van der Waals surface area contributed by atoms with E-state index in [9.17, 15) is 0 Å². The van der Waals surface area contributed by atoms with Gasteiger partial charge < -0.3 is 0 Å². The summed E-state index contributed by atoms with van der Waals surface area (Å²) in [6.07, 6.45) is 1.51. The molecule has 7 heavy (non-hydrogen) atoms. The first-order valence-electron chi connectivity index (χ1n) is 1.62. The van der Waals surface area contributed by atoms with Gasteiger partial charge in [0, 0.05) is 0 Å². The van der Waals surface area contributed by atoms with Crippen LogP contribution in [0.25, 0.3) is 0 Å². The molecule has 4 heteroatoms. The third-order valence-corrected chi connectivity index (χ3v) is 1.77. The monoisotopic (exact) mass is 177 g/mol. The molecule has 1 aromatic rings. The van der Waals surface area contributed by atoms with Gasteiger partial charge in [-0.05, 0) is 15.9 Å². The maximum absolute atomic E-state index is 6.94. The van der Waals surface area contributed by atoms with Gasteiger partial charge in [-0.3, -0.25) is 5.73 Å². The highest BCUT2D eigenvalue weighted by atomic mass is 79.9. The summed E-state index contributed by atoms with van der Waals surface area (Å²) < 4.78 is 0.775. The van der Waals surface area contributed by atoms with Crippen LogP contribution in [0.3, 0.4) is 0 Å². The van der Waals surface area contributed by atoms with Crippen LogP contribution in [0.4, 0.5) is 5.00 Å². The van der Waals surface area contributed by atoms with Crippen LogP contribution in [0.2, 0.25) is 0 Å². The van der Waals surface area contributed by atoms with Crippen molar-refractivity contribution >= 4 is 32.3 Å². The fourth-order valence-corrected chi connectivity index (χ4v) is 1.27. The molecule has 0 unspecified atom stereocenters. The minimum Gasteiger partial charge on any atom is -0.289 e. The Bertz CT molecular complexity index is 145. The van der Waals surface area contributed by atoms with Crippen molar-refractivity contribution in [3.8, 4) is 0 Å². The second kappa shape index (κ2) is 1.79. The van der Waals surface area contributed by atoms with Crippen LogP contribution < -0.4 is 5.73 Å². The Kier molecular flexibility index (Phi) is 1.30. The van der Waals surface area contributed by atoms with Gasteiger partial charge in [-0.1, -0.05) is 11.3 Å². The first-order valence-corrected chi connectivity index (χ1v) is 3.23. The van der Waals surface area contributed by atoms with E-state index in [1.807, 2.05) is 0 Å². The van der Waals surface area contributed by atoms with Crippen LogP contribution >= 0.6 is 27.3 Å². The lowest BCUT2D eigenvalue weighted by Crippen LogP contribution is -1.51. The summed E-state index contributed by atoms with van der Waals surface area (Å²) in [5.41, 5.74) is 6.94. The molecule has 0 fully saturated rings. The molecule has 0 aliphatic rings. The zero-order valence-electron chi connectivity index (χ0n) is 3.31. The van der Waals surface area contributed by atoms with Crippen molar-refractivity contribution in [1.29, 1.82) is 0 Å². The summed E-state index contributed by atoms with van der Waals surface area (Å²) in [4.78, 5) is 3.76. The van der Waals surface area contributed by atoms with Crippen molar-refractivity contribution < 1.29 is 0 Å². The Labute approximate surface area is 53.5 Å². The Balaban J connectivity index is 3.04. The fourth-order valence-electron chi connectivity index (χ4n) is 0.253. The van der Waals surface area contributed by atoms with Crippen LogP contribution in [-0.4, -0.2) is 4.98 Å². The van der Waals surface area contributed by atoms with E-state index in [0.29, 0.717) is 5.00 Å². The van der Waals surface area contributed by atoms with E-state index in [-0.39, 0.29) is 0 Å². The summed E-state index contributed by atoms with van der Waals surface area (Å²) in [5.74, 6) is 0. The number of nitrogens with one attached hydrogen (secondary N) is 1. The molecule has 1 rings (SSSR count). The highest BCUT2D eigenvalue weighted by Crippen LogP contribution is 2.20. The molecule has 0 saturated heterocycles. The Morgan fingerprint density at radius 3 is 2.71 bits per heavy atom. The highest BCUT2D eigenvalue weighted by Gasteiger charge is 1.89.